The number of hydrogen-bond donors (Lipinski definition) is 2. The number of carbonyl (C=O) groups excluding carboxylic acids is 1. The van der Waals surface area contributed by atoms with Gasteiger partial charge in [-0.3, -0.25) is 4.79 Å². The van der Waals surface area contributed by atoms with Gasteiger partial charge in [0.1, 0.15) is 0 Å². The van der Waals surface area contributed by atoms with Crippen molar-refractivity contribution in [3.05, 3.63) is 65.4 Å². The molecule has 0 saturated carbocycles. The average Bonchev–Trinajstić information content (AvgIpc) is 2.74. The number of fused-ring (bicyclic) bond motifs is 1. The zero-order valence-corrected chi connectivity index (χ0v) is 10.6. The van der Waals surface area contributed by atoms with Crippen molar-refractivity contribution in [3.63, 3.8) is 0 Å². The van der Waals surface area contributed by atoms with E-state index in [-0.39, 0.29) is 5.78 Å². The van der Waals surface area contributed by atoms with Crippen molar-refractivity contribution in [1.82, 2.24) is 4.98 Å². The molecule has 1 aromatic heterocycles. The van der Waals surface area contributed by atoms with Gasteiger partial charge in [0.15, 0.2) is 5.78 Å². The second kappa shape index (κ2) is 4.28. The third-order valence-electron chi connectivity index (χ3n) is 3.29. The normalized spacial score (nSPS) is 10.8. The van der Waals surface area contributed by atoms with Crippen molar-refractivity contribution < 1.29 is 4.79 Å². The fraction of sp³-hybridized carbons (Fsp3) is 0.0625. The van der Waals surface area contributed by atoms with Crippen molar-refractivity contribution >= 4 is 22.4 Å². The summed E-state index contributed by atoms with van der Waals surface area (Å²) in [5, 5.41) is 0.960. The number of rotatable bonds is 2. The molecule has 3 heteroatoms. The molecule has 0 saturated heterocycles. The number of aryl methyl sites for hydroxylation is 1. The van der Waals surface area contributed by atoms with Gasteiger partial charge in [-0.05, 0) is 37.3 Å². The van der Waals surface area contributed by atoms with E-state index in [0.717, 1.165) is 22.2 Å². The zero-order chi connectivity index (χ0) is 13.4. The van der Waals surface area contributed by atoms with Gasteiger partial charge in [-0.2, -0.15) is 0 Å². The Kier molecular flexibility index (Phi) is 2.60. The van der Waals surface area contributed by atoms with E-state index < -0.39 is 0 Å². The van der Waals surface area contributed by atoms with E-state index in [9.17, 15) is 4.79 Å². The number of aromatic nitrogens is 1. The van der Waals surface area contributed by atoms with E-state index in [1.165, 1.54) is 0 Å². The molecule has 1 heterocycles. The van der Waals surface area contributed by atoms with Crippen LogP contribution < -0.4 is 5.73 Å². The molecule has 0 unspecified atom stereocenters. The molecule has 3 aromatic rings. The van der Waals surface area contributed by atoms with Crippen LogP contribution in [0.4, 0.5) is 5.69 Å². The first-order valence-electron chi connectivity index (χ1n) is 6.14. The Labute approximate surface area is 111 Å². The highest BCUT2D eigenvalue weighted by molar-refractivity contribution is 6.17. The number of para-hydroxylation sites is 1. The molecule has 2 aromatic carbocycles. The molecular formula is C16H14N2O. The highest BCUT2D eigenvalue weighted by atomic mass is 16.1. The fourth-order valence-corrected chi connectivity index (χ4v) is 2.35. The predicted octanol–water partition coefficient (Wildman–Crippen LogP) is 3.29. The maximum Gasteiger partial charge on any atom is 0.195 e. The van der Waals surface area contributed by atoms with Gasteiger partial charge in [-0.25, -0.2) is 0 Å². The van der Waals surface area contributed by atoms with Gasteiger partial charge < -0.3 is 10.7 Å². The summed E-state index contributed by atoms with van der Waals surface area (Å²) >= 11 is 0. The van der Waals surface area contributed by atoms with E-state index >= 15 is 0 Å². The Morgan fingerprint density at radius 1 is 1.05 bits per heavy atom. The molecule has 3 N–H and O–H groups in total. The van der Waals surface area contributed by atoms with Crippen molar-refractivity contribution in [2.24, 2.45) is 0 Å². The van der Waals surface area contributed by atoms with E-state index in [2.05, 4.69) is 4.98 Å². The van der Waals surface area contributed by atoms with E-state index in [1.807, 2.05) is 31.2 Å². The fourth-order valence-electron chi connectivity index (χ4n) is 2.35. The Hall–Kier alpha value is -2.55. The number of aromatic amines is 1. The maximum absolute atomic E-state index is 12.6. The smallest absolute Gasteiger partial charge is 0.195 e. The molecule has 0 amide bonds. The average molecular weight is 250 g/mol. The molecule has 3 nitrogen and oxygen atoms in total. The van der Waals surface area contributed by atoms with Crippen molar-refractivity contribution in [1.29, 1.82) is 0 Å². The van der Waals surface area contributed by atoms with Gasteiger partial charge in [-0.15, -0.1) is 0 Å². The molecular weight excluding hydrogens is 236 g/mol. The lowest BCUT2D eigenvalue weighted by atomic mass is 10.0. The van der Waals surface area contributed by atoms with Crippen molar-refractivity contribution in [2.45, 2.75) is 6.92 Å². The number of hydrogen-bond acceptors (Lipinski definition) is 2. The first-order chi connectivity index (χ1) is 9.16. The van der Waals surface area contributed by atoms with Gasteiger partial charge in [-0.1, -0.05) is 18.2 Å². The van der Waals surface area contributed by atoms with Gasteiger partial charge >= 0.3 is 0 Å². The standard InChI is InChI=1S/C16H14N2O/c1-10-15(13-4-2-3-5-14(13)18-10)16(19)11-6-8-12(17)9-7-11/h2-9,18H,17H2,1H3. The molecule has 0 spiro atoms. The maximum atomic E-state index is 12.6. The highest BCUT2D eigenvalue weighted by Crippen LogP contribution is 2.24. The topological polar surface area (TPSA) is 58.9 Å². The number of nitrogens with two attached hydrogens (primary N) is 1. The van der Waals surface area contributed by atoms with Crippen molar-refractivity contribution in [3.8, 4) is 0 Å². The third-order valence-corrected chi connectivity index (χ3v) is 3.29. The molecule has 0 bridgehead atoms. The minimum Gasteiger partial charge on any atom is -0.399 e. The lowest BCUT2D eigenvalue weighted by molar-refractivity contribution is 0.104. The summed E-state index contributed by atoms with van der Waals surface area (Å²) in [5.74, 6) is 0.0231. The summed E-state index contributed by atoms with van der Waals surface area (Å²) in [6, 6.07) is 14.9. The van der Waals surface area contributed by atoms with Crippen LogP contribution in [0, 0.1) is 6.92 Å². The SMILES string of the molecule is Cc1[nH]c2ccccc2c1C(=O)c1ccc(N)cc1. The molecule has 94 valence electrons. The number of H-pyrrole nitrogens is 1. The summed E-state index contributed by atoms with van der Waals surface area (Å²) in [7, 11) is 0. The molecule has 0 aliphatic carbocycles. The molecule has 0 aliphatic heterocycles. The molecule has 0 radical (unpaired) electrons. The molecule has 0 atom stereocenters. The van der Waals surface area contributed by atoms with Gasteiger partial charge in [0.25, 0.3) is 0 Å². The largest absolute Gasteiger partial charge is 0.399 e. The van der Waals surface area contributed by atoms with Crippen LogP contribution in [0.2, 0.25) is 0 Å². The van der Waals surface area contributed by atoms with Crippen LogP contribution in [0.3, 0.4) is 0 Å². The quantitative estimate of drug-likeness (QED) is 0.541. The summed E-state index contributed by atoms with van der Waals surface area (Å²) in [6.45, 7) is 1.92. The summed E-state index contributed by atoms with van der Waals surface area (Å²) in [5.41, 5.74) is 9.58. The Bertz CT molecular complexity index is 754. The Morgan fingerprint density at radius 3 is 2.47 bits per heavy atom. The molecule has 19 heavy (non-hydrogen) atoms. The third kappa shape index (κ3) is 1.89. The minimum atomic E-state index is 0.0231. The van der Waals surface area contributed by atoms with Crippen LogP contribution >= 0.6 is 0 Å². The van der Waals surface area contributed by atoms with Crippen LogP contribution in [-0.2, 0) is 0 Å². The molecule has 0 fully saturated rings. The first kappa shape index (κ1) is 11.5. The summed E-state index contributed by atoms with van der Waals surface area (Å²) < 4.78 is 0. The second-order valence-electron chi connectivity index (χ2n) is 4.62. The first-order valence-corrected chi connectivity index (χ1v) is 6.14. The van der Waals surface area contributed by atoms with Crippen LogP contribution in [0.15, 0.2) is 48.5 Å². The molecule has 0 aliphatic rings. The van der Waals surface area contributed by atoms with Crippen LogP contribution in [0.25, 0.3) is 10.9 Å². The van der Waals surface area contributed by atoms with E-state index in [0.29, 0.717) is 11.3 Å². The predicted molar refractivity (Wildman–Crippen MR) is 77.3 cm³/mol. The van der Waals surface area contributed by atoms with Crippen LogP contribution in [0.5, 0.6) is 0 Å². The van der Waals surface area contributed by atoms with Crippen molar-refractivity contribution in [2.75, 3.05) is 5.73 Å². The highest BCUT2D eigenvalue weighted by Gasteiger charge is 2.17. The lowest BCUT2D eigenvalue weighted by Crippen LogP contribution is -2.02. The Morgan fingerprint density at radius 2 is 1.74 bits per heavy atom. The molecule has 3 rings (SSSR count). The number of benzene rings is 2. The van der Waals surface area contributed by atoms with Gasteiger partial charge in [0.2, 0.25) is 0 Å². The van der Waals surface area contributed by atoms with E-state index in [1.54, 1.807) is 24.3 Å². The summed E-state index contributed by atoms with van der Waals surface area (Å²) in [6.07, 6.45) is 0. The van der Waals surface area contributed by atoms with Crippen LogP contribution in [-0.4, -0.2) is 10.8 Å². The van der Waals surface area contributed by atoms with E-state index in [4.69, 9.17) is 5.73 Å². The monoisotopic (exact) mass is 250 g/mol. The number of nitrogens with one attached hydrogen (secondary N) is 1. The number of anilines is 1. The van der Waals surface area contributed by atoms with Gasteiger partial charge in [0.05, 0.1) is 5.56 Å². The number of nitrogen functional groups attached to an aromatic ring is 1. The summed E-state index contributed by atoms with van der Waals surface area (Å²) in [4.78, 5) is 15.8. The zero-order valence-electron chi connectivity index (χ0n) is 10.6. The Balaban J connectivity index is 2.16. The van der Waals surface area contributed by atoms with Gasteiger partial charge in [0, 0.05) is 27.8 Å². The van der Waals surface area contributed by atoms with Crippen LogP contribution in [0.1, 0.15) is 21.6 Å². The second-order valence-corrected chi connectivity index (χ2v) is 4.62. The minimum absolute atomic E-state index is 0.0231. The number of ketones is 1. The number of carbonyl (C=O) groups is 1. The lowest BCUT2D eigenvalue weighted by Gasteiger charge is -2.02.